The molecule has 0 spiro atoms. The molecule has 0 amide bonds. The number of rotatable bonds is 3. The Hall–Kier alpha value is -1.06. The van der Waals surface area contributed by atoms with Crippen LogP contribution in [0.4, 0.5) is 5.69 Å². The van der Waals surface area contributed by atoms with E-state index in [9.17, 15) is 5.11 Å². The first-order valence-corrected chi connectivity index (χ1v) is 7.26. The molecule has 1 aliphatic rings. The molecule has 1 fully saturated rings. The van der Waals surface area contributed by atoms with E-state index in [0.717, 1.165) is 26.1 Å². The van der Waals surface area contributed by atoms with Crippen molar-refractivity contribution >= 4 is 5.69 Å². The molecule has 1 aromatic carbocycles. The molecule has 1 saturated heterocycles. The van der Waals surface area contributed by atoms with Crippen molar-refractivity contribution in [2.24, 2.45) is 5.92 Å². The van der Waals surface area contributed by atoms with Crippen LogP contribution in [0.3, 0.4) is 0 Å². The molecule has 0 aliphatic carbocycles. The number of aliphatic hydroxyl groups excluding tert-OH is 1. The van der Waals surface area contributed by atoms with Crippen molar-refractivity contribution in [2.75, 3.05) is 31.1 Å². The molecule has 1 aromatic rings. The Balaban J connectivity index is 2.29. The minimum Gasteiger partial charge on any atom is -0.396 e. The second-order valence-corrected chi connectivity index (χ2v) is 5.93. The second-order valence-electron chi connectivity index (χ2n) is 5.93. The summed E-state index contributed by atoms with van der Waals surface area (Å²) in [5.41, 5.74) is 3.91. The highest BCUT2D eigenvalue weighted by Gasteiger charge is 2.24. The number of nitrogens with zero attached hydrogens (tertiary/aromatic N) is 1. The minimum atomic E-state index is 0.252. The van der Waals surface area contributed by atoms with Gasteiger partial charge in [-0.05, 0) is 56.0 Å². The molecular formula is C16H26N2O. The molecule has 0 saturated carbocycles. The average Bonchev–Trinajstić information content (AvgIpc) is 2.51. The van der Waals surface area contributed by atoms with E-state index in [1.54, 1.807) is 0 Å². The Bertz CT molecular complexity index is 399. The van der Waals surface area contributed by atoms with Crippen molar-refractivity contribution in [3.63, 3.8) is 0 Å². The van der Waals surface area contributed by atoms with E-state index in [1.165, 1.54) is 16.8 Å². The van der Waals surface area contributed by atoms with Crippen molar-refractivity contribution in [1.29, 1.82) is 0 Å². The fourth-order valence-corrected chi connectivity index (χ4v) is 3.00. The molecule has 2 N–H and O–H groups in total. The van der Waals surface area contributed by atoms with Gasteiger partial charge in [-0.15, -0.1) is 0 Å². The van der Waals surface area contributed by atoms with E-state index in [4.69, 9.17) is 0 Å². The normalized spacial score (nSPS) is 24.3. The predicted octanol–water partition coefficient (Wildman–Crippen LogP) is 2.10. The lowest BCUT2D eigenvalue weighted by Crippen LogP contribution is -2.41. The molecule has 0 radical (unpaired) electrons. The predicted molar refractivity (Wildman–Crippen MR) is 80.8 cm³/mol. The molecular weight excluding hydrogens is 236 g/mol. The standard InChI is InChI=1S/C16H26N2O/c1-12-6-13(2)8-16(7-12)18-11-14(3)9-17-10-15(18)4-5-19/h6-8,14-15,17,19H,4-5,9-11H2,1-3H3. The molecule has 1 aliphatic heterocycles. The van der Waals surface area contributed by atoms with Gasteiger partial charge >= 0.3 is 0 Å². The van der Waals surface area contributed by atoms with Crippen LogP contribution >= 0.6 is 0 Å². The maximum atomic E-state index is 9.30. The van der Waals surface area contributed by atoms with Crippen LogP contribution in [0.25, 0.3) is 0 Å². The van der Waals surface area contributed by atoms with Gasteiger partial charge in [0.05, 0.1) is 0 Å². The molecule has 1 heterocycles. The zero-order chi connectivity index (χ0) is 13.8. The number of aryl methyl sites for hydroxylation is 2. The van der Waals surface area contributed by atoms with E-state index in [0.29, 0.717) is 12.0 Å². The van der Waals surface area contributed by atoms with Crippen molar-refractivity contribution in [3.05, 3.63) is 29.3 Å². The summed E-state index contributed by atoms with van der Waals surface area (Å²) in [6.07, 6.45) is 0.826. The highest BCUT2D eigenvalue weighted by molar-refractivity contribution is 5.52. The summed E-state index contributed by atoms with van der Waals surface area (Å²) in [7, 11) is 0. The molecule has 2 rings (SSSR count). The molecule has 0 aromatic heterocycles. The van der Waals surface area contributed by atoms with Crippen LogP contribution in [0, 0.1) is 19.8 Å². The summed E-state index contributed by atoms with van der Waals surface area (Å²) < 4.78 is 0. The van der Waals surface area contributed by atoms with Crippen molar-refractivity contribution in [1.82, 2.24) is 5.32 Å². The zero-order valence-electron chi connectivity index (χ0n) is 12.3. The SMILES string of the molecule is Cc1cc(C)cc(N2CC(C)CNCC2CCO)c1. The zero-order valence-corrected chi connectivity index (χ0v) is 12.3. The van der Waals surface area contributed by atoms with Gasteiger partial charge in [0.2, 0.25) is 0 Å². The lowest BCUT2D eigenvalue weighted by atomic mass is 10.1. The maximum absolute atomic E-state index is 9.30. The molecule has 2 unspecified atom stereocenters. The average molecular weight is 262 g/mol. The van der Waals surface area contributed by atoms with E-state index in [2.05, 4.69) is 49.2 Å². The second kappa shape index (κ2) is 6.40. The van der Waals surface area contributed by atoms with Crippen LogP contribution in [-0.4, -0.2) is 37.4 Å². The van der Waals surface area contributed by atoms with Gasteiger partial charge in [0, 0.05) is 31.4 Å². The molecule has 3 heteroatoms. The number of aliphatic hydroxyl groups is 1. The third kappa shape index (κ3) is 3.71. The summed E-state index contributed by atoms with van der Waals surface area (Å²) in [6, 6.07) is 7.12. The number of hydrogen-bond acceptors (Lipinski definition) is 3. The van der Waals surface area contributed by atoms with Crippen LogP contribution in [-0.2, 0) is 0 Å². The van der Waals surface area contributed by atoms with Gasteiger partial charge in [-0.2, -0.15) is 0 Å². The topological polar surface area (TPSA) is 35.5 Å². The Morgan fingerprint density at radius 3 is 2.53 bits per heavy atom. The number of benzene rings is 1. The van der Waals surface area contributed by atoms with Gasteiger partial charge in [-0.3, -0.25) is 0 Å². The van der Waals surface area contributed by atoms with Crippen molar-refractivity contribution in [2.45, 2.75) is 33.2 Å². The lowest BCUT2D eigenvalue weighted by Gasteiger charge is -2.33. The van der Waals surface area contributed by atoms with E-state index >= 15 is 0 Å². The van der Waals surface area contributed by atoms with Gasteiger partial charge in [0.1, 0.15) is 0 Å². The fraction of sp³-hybridized carbons (Fsp3) is 0.625. The molecule has 2 atom stereocenters. The Kier molecular flexibility index (Phi) is 4.83. The van der Waals surface area contributed by atoms with Gasteiger partial charge in [-0.25, -0.2) is 0 Å². The van der Waals surface area contributed by atoms with Crippen molar-refractivity contribution in [3.8, 4) is 0 Å². The summed E-state index contributed by atoms with van der Waals surface area (Å²) in [4.78, 5) is 2.47. The Morgan fingerprint density at radius 1 is 1.21 bits per heavy atom. The molecule has 106 valence electrons. The van der Waals surface area contributed by atoms with Gasteiger partial charge in [0.15, 0.2) is 0 Å². The molecule has 19 heavy (non-hydrogen) atoms. The lowest BCUT2D eigenvalue weighted by molar-refractivity contribution is 0.272. The number of anilines is 1. The first-order valence-electron chi connectivity index (χ1n) is 7.26. The summed E-state index contributed by atoms with van der Waals surface area (Å²) >= 11 is 0. The molecule has 3 nitrogen and oxygen atoms in total. The summed E-state index contributed by atoms with van der Waals surface area (Å²) in [5.74, 6) is 0.629. The fourth-order valence-electron chi connectivity index (χ4n) is 3.00. The van der Waals surface area contributed by atoms with Crippen LogP contribution in [0.15, 0.2) is 18.2 Å². The van der Waals surface area contributed by atoms with Crippen LogP contribution in [0.2, 0.25) is 0 Å². The van der Waals surface area contributed by atoms with Gasteiger partial charge in [0.25, 0.3) is 0 Å². The minimum absolute atomic E-state index is 0.252. The van der Waals surface area contributed by atoms with Crippen LogP contribution in [0.5, 0.6) is 0 Å². The largest absolute Gasteiger partial charge is 0.396 e. The summed E-state index contributed by atoms with van der Waals surface area (Å²) in [5, 5.41) is 12.8. The van der Waals surface area contributed by atoms with Crippen LogP contribution < -0.4 is 10.2 Å². The Labute approximate surface area is 116 Å². The van der Waals surface area contributed by atoms with Gasteiger partial charge < -0.3 is 15.3 Å². The quantitative estimate of drug-likeness (QED) is 0.875. The number of nitrogens with one attached hydrogen (secondary N) is 1. The highest BCUT2D eigenvalue weighted by Crippen LogP contribution is 2.24. The van der Waals surface area contributed by atoms with Crippen LogP contribution in [0.1, 0.15) is 24.5 Å². The third-order valence-electron chi connectivity index (χ3n) is 3.82. The maximum Gasteiger partial charge on any atom is 0.0451 e. The van der Waals surface area contributed by atoms with Gasteiger partial charge in [-0.1, -0.05) is 13.0 Å². The smallest absolute Gasteiger partial charge is 0.0451 e. The van der Waals surface area contributed by atoms with Crippen molar-refractivity contribution < 1.29 is 5.11 Å². The first kappa shape index (κ1) is 14.4. The monoisotopic (exact) mass is 262 g/mol. The molecule has 0 bridgehead atoms. The summed E-state index contributed by atoms with van der Waals surface area (Å²) in [6.45, 7) is 9.90. The Morgan fingerprint density at radius 2 is 1.89 bits per heavy atom. The van der Waals surface area contributed by atoms with E-state index in [1.807, 2.05) is 0 Å². The first-order chi connectivity index (χ1) is 9.10. The van der Waals surface area contributed by atoms with E-state index in [-0.39, 0.29) is 6.61 Å². The number of hydrogen-bond donors (Lipinski definition) is 2. The van der Waals surface area contributed by atoms with E-state index < -0.39 is 0 Å². The third-order valence-corrected chi connectivity index (χ3v) is 3.82. The highest BCUT2D eigenvalue weighted by atomic mass is 16.3.